The summed E-state index contributed by atoms with van der Waals surface area (Å²) in [6.07, 6.45) is 2.98. The summed E-state index contributed by atoms with van der Waals surface area (Å²) in [5.74, 6) is -0.0293. The molecule has 2 aromatic heterocycles. The zero-order valence-electron chi connectivity index (χ0n) is 22.3. The molecule has 1 amide bonds. The number of amides is 1. The number of nitrogens with one attached hydrogen (secondary N) is 2. The second kappa shape index (κ2) is 11.7. The van der Waals surface area contributed by atoms with Gasteiger partial charge in [-0.1, -0.05) is 53.2 Å². The summed E-state index contributed by atoms with van der Waals surface area (Å²) in [7, 11) is 0. The average molecular weight is 603 g/mol. The van der Waals surface area contributed by atoms with Crippen LogP contribution < -0.4 is 10.6 Å². The Morgan fingerprint density at radius 1 is 1.08 bits per heavy atom. The molecule has 1 fully saturated rings. The van der Waals surface area contributed by atoms with Crippen LogP contribution in [0.4, 0.5) is 5.69 Å². The first-order chi connectivity index (χ1) is 18.9. The Morgan fingerprint density at radius 2 is 1.87 bits per heavy atom. The molecule has 0 aliphatic carbocycles. The number of nitrogens with zero attached hydrogens (tertiary/aromatic N) is 3. The SMILES string of the molecule is CCc1ccccc1NC(=O)CCN1C(=S)NC(c2ccccn2)C1c1cc(C)n(-c2cccc(Br)c2)c1C. The summed E-state index contributed by atoms with van der Waals surface area (Å²) in [6, 6.07) is 24.2. The van der Waals surface area contributed by atoms with Crippen molar-refractivity contribution in [1.82, 2.24) is 19.8 Å². The molecule has 2 aromatic carbocycles. The number of carbonyl (C=O) groups excluding carboxylic acids is 1. The van der Waals surface area contributed by atoms with Crippen LogP contribution in [0.1, 0.15) is 53.6 Å². The minimum Gasteiger partial charge on any atom is -0.352 e. The van der Waals surface area contributed by atoms with Crippen molar-refractivity contribution in [2.45, 2.75) is 45.7 Å². The first-order valence-electron chi connectivity index (χ1n) is 13.2. The average Bonchev–Trinajstić information content (AvgIpc) is 3.42. The molecular weight excluding hydrogens is 570 g/mol. The molecular formula is C31H32BrN5OS. The Labute approximate surface area is 243 Å². The molecule has 5 rings (SSSR count). The predicted molar refractivity (Wildman–Crippen MR) is 164 cm³/mol. The molecule has 0 saturated carbocycles. The predicted octanol–water partition coefficient (Wildman–Crippen LogP) is 6.82. The molecule has 2 unspecified atom stereocenters. The second-order valence-corrected chi connectivity index (χ2v) is 11.1. The number of carbonyl (C=O) groups is 1. The third-order valence-corrected chi connectivity index (χ3v) is 8.15. The minimum atomic E-state index is -0.140. The highest BCUT2D eigenvalue weighted by molar-refractivity contribution is 9.10. The van der Waals surface area contributed by atoms with Crippen molar-refractivity contribution in [2.24, 2.45) is 0 Å². The molecule has 1 saturated heterocycles. The van der Waals surface area contributed by atoms with Gasteiger partial charge in [0, 0.05) is 46.4 Å². The van der Waals surface area contributed by atoms with Crippen LogP contribution in [0.25, 0.3) is 5.69 Å². The highest BCUT2D eigenvalue weighted by Gasteiger charge is 2.41. The van der Waals surface area contributed by atoms with Gasteiger partial charge in [0.05, 0.1) is 17.8 Å². The fourth-order valence-corrected chi connectivity index (χ4v) is 6.19. The summed E-state index contributed by atoms with van der Waals surface area (Å²) >= 11 is 9.46. The fraction of sp³-hybridized carbons (Fsp3) is 0.258. The van der Waals surface area contributed by atoms with Gasteiger partial charge in [-0.3, -0.25) is 9.78 Å². The Hall–Kier alpha value is -3.49. The van der Waals surface area contributed by atoms with Crippen molar-refractivity contribution in [3.05, 3.63) is 112 Å². The van der Waals surface area contributed by atoms with E-state index in [1.165, 1.54) is 0 Å². The number of rotatable bonds is 8. The maximum atomic E-state index is 13.1. The minimum absolute atomic E-state index is 0.0293. The molecule has 39 heavy (non-hydrogen) atoms. The number of pyridine rings is 1. The van der Waals surface area contributed by atoms with Crippen molar-refractivity contribution < 1.29 is 4.79 Å². The highest BCUT2D eigenvalue weighted by Crippen LogP contribution is 2.41. The van der Waals surface area contributed by atoms with Crippen LogP contribution in [0.5, 0.6) is 0 Å². The van der Waals surface area contributed by atoms with Gasteiger partial charge in [-0.25, -0.2) is 0 Å². The van der Waals surface area contributed by atoms with E-state index in [1.54, 1.807) is 0 Å². The zero-order valence-corrected chi connectivity index (χ0v) is 24.7. The van der Waals surface area contributed by atoms with Gasteiger partial charge in [-0.05, 0) is 86.1 Å². The van der Waals surface area contributed by atoms with Crippen LogP contribution in [-0.4, -0.2) is 32.0 Å². The molecule has 8 heteroatoms. The van der Waals surface area contributed by atoms with Gasteiger partial charge in [0.1, 0.15) is 0 Å². The summed E-state index contributed by atoms with van der Waals surface area (Å²) < 4.78 is 3.30. The van der Waals surface area contributed by atoms with Gasteiger partial charge in [0.15, 0.2) is 5.11 Å². The smallest absolute Gasteiger partial charge is 0.226 e. The largest absolute Gasteiger partial charge is 0.352 e. The Kier molecular flexibility index (Phi) is 8.14. The van der Waals surface area contributed by atoms with Gasteiger partial charge in [0.25, 0.3) is 0 Å². The van der Waals surface area contributed by atoms with Crippen molar-refractivity contribution in [3.63, 3.8) is 0 Å². The summed E-state index contributed by atoms with van der Waals surface area (Å²) in [4.78, 5) is 19.9. The fourth-order valence-electron chi connectivity index (χ4n) is 5.47. The molecule has 0 bridgehead atoms. The lowest BCUT2D eigenvalue weighted by Gasteiger charge is -2.28. The molecule has 1 aliphatic heterocycles. The third kappa shape index (κ3) is 5.63. The third-order valence-electron chi connectivity index (χ3n) is 7.31. The number of para-hydroxylation sites is 1. The van der Waals surface area contributed by atoms with Crippen molar-refractivity contribution in [1.29, 1.82) is 0 Å². The van der Waals surface area contributed by atoms with E-state index in [0.29, 0.717) is 18.1 Å². The number of halogens is 1. The second-order valence-electron chi connectivity index (χ2n) is 9.77. The van der Waals surface area contributed by atoms with Crippen molar-refractivity contribution >= 4 is 44.9 Å². The monoisotopic (exact) mass is 601 g/mol. The summed E-state index contributed by atoms with van der Waals surface area (Å²) in [5, 5.41) is 7.24. The number of hydrogen-bond acceptors (Lipinski definition) is 3. The van der Waals surface area contributed by atoms with E-state index < -0.39 is 0 Å². The number of anilines is 1. The van der Waals surface area contributed by atoms with E-state index in [4.69, 9.17) is 12.2 Å². The normalized spacial score (nSPS) is 16.8. The maximum Gasteiger partial charge on any atom is 0.226 e. The summed E-state index contributed by atoms with van der Waals surface area (Å²) in [5.41, 5.74) is 7.42. The van der Waals surface area contributed by atoms with Crippen LogP contribution >= 0.6 is 28.1 Å². The Balaban J connectivity index is 1.47. The maximum absolute atomic E-state index is 13.1. The summed E-state index contributed by atoms with van der Waals surface area (Å²) in [6.45, 7) is 6.84. The standard InChI is InChI=1S/C31H32BrN5OS/c1-4-22-10-5-6-13-26(22)34-28(38)15-17-36-30(29(35-31(36)39)27-14-7-8-16-33-27)25-18-20(2)37(21(25)3)24-12-9-11-23(32)19-24/h5-14,16,18-19,29-30H,4,15,17H2,1-3H3,(H,34,38)(H,35,39). The van der Waals surface area contributed by atoms with E-state index in [0.717, 1.165) is 50.5 Å². The van der Waals surface area contributed by atoms with Crippen LogP contribution in [0.3, 0.4) is 0 Å². The van der Waals surface area contributed by atoms with Crippen LogP contribution in [0, 0.1) is 13.8 Å². The highest BCUT2D eigenvalue weighted by atomic mass is 79.9. The van der Waals surface area contributed by atoms with E-state index >= 15 is 0 Å². The molecule has 4 aromatic rings. The van der Waals surface area contributed by atoms with Gasteiger partial charge in [-0.15, -0.1) is 0 Å². The number of aryl methyl sites for hydroxylation is 2. The van der Waals surface area contributed by atoms with Gasteiger partial charge >= 0.3 is 0 Å². The molecule has 200 valence electrons. The molecule has 3 heterocycles. The molecule has 2 atom stereocenters. The van der Waals surface area contributed by atoms with Crippen LogP contribution in [0.2, 0.25) is 0 Å². The zero-order chi connectivity index (χ0) is 27.5. The molecule has 0 radical (unpaired) electrons. The van der Waals surface area contributed by atoms with Crippen molar-refractivity contribution in [2.75, 3.05) is 11.9 Å². The molecule has 6 nitrogen and oxygen atoms in total. The number of benzene rings is 2. The molecule has 0 spiro atoms. The van der Waals surface area contributed by atoms with Crippen LogP contribution in [-0.2, 0) is 11.2 Å². The van der Waals surface area contributed by atoms with Crippen molar-refractivity contribution in [3.8, 4) is 5.69 Å². The van der Waals surface area contributed by atoms with Gasteiger partial charge in [0.2, 0.25) is 5.91 Å². The van der Waals surface area contributed by atoms with E-state index in [9.17, 15) is 4.79 Å². The van der Waals surface area contributed by atoms with Crippen LogP contribution in [0.15, 0.2) is 83.5 Å². The quantitative estimate of drug-likeness (QED) is 0.217. The first-order valence-corrected chi connectivity index (χ1v) is 14.4. The number of aromatic nitrogens is 2. The lowest BCUT2D eigenvalue weighted by Crippen LogP contribution is -2.33. The lowest BCUT2D eigenvalue weighted by atomic mass is 9.96. The Bertz CT molecular complexity index is 1500. The first kappa shape index (κ1) is 27.1. The van der Waals surface area contributed by atoms with Gasteiger partial charge < -0.3 is 20.1 Å². The lowest BCUT2D eigenvalue weighted by molar-refractivity contribution is -0.116. The van der Waals surface area contributed by atoms with E-state index in [1.807, 2.05) is 60.8 Å². The van der Waals surface area contributed by atoms with Gasteiger partial charge in [-0.2, -0.15) is 0 Å². The Morgan fingerprint density at radius 3 is 2.62 bits per heavy atom. The topological polar surface area (TPSA) is 62.2 Å². The molecule has 1 aliphatic rings. The molecule has 2 N–H and O–H groups in total. The van der Waals surface area contributed by atoms with E-state index in [2.05, 4.69) is 80.0 Å². The number of hydrogen-bond donors (Lipinski definition) is 2. The number of thiocarbonyl (C=S) groups is 1. The van der Waals surface area contributed by atoms with E-state index in [-0.39, 0.29) is 18.0 Å².